The Morgan fingerprint density at radius 1 is 1.42 bits per heavy atom. The smallest absolute Gasteiger partial charge is 0.194 e. The first-order chi connectivity index (χ1) is 12.1. The molecule has 1 aliphatic rings. The molecule has 1 N–H and O–H groups in total. The number of thiazole rings is 1. The predicted molar refractivity (Wildman–Crippen MR) is 118 cm³/mol. The normalized spacial score (nSPS) is 20.8. The summed E-state index contributed by atoms with van der Waals surface area (Å²) in [5.74, 6) is 1.63. The van der Waals surface area contributed by atoms with Crippen LogP contribution in [-0.2, 0) is 6.54 Å². The summed E-state index contributed by atoms with van der Waals surface area (Å²) in [6.07, 6.45) is 7.01. The largest absolute Gasteiger partial charge is 0.357 e. The number of piperidine rings is 1. The molecule has 0 bridgehead atoms. The molecule has 144 valence electrons. The lowest BCUT2D eigenvalue weighted by Gasteiger charge is -2.39. The maximum absolute atomic E-state index is 4.86. The molecule has 1 saturated heterocycles. The number of nitrogens with zero attached hydrogens (tertiary/aromatic N) is 5. The van der Waals surface area contributed by atoms with Gasteiger partial charge < -0.3 is 14.8 Å². The maximum atomic E-state index is 4.86. The predicted octanol–water partition coefficient (Wildman–Crippen LogP) is 3.62. The molecule has 0 saturated carbocycles. The first-order valence-corrected chi connectivity index (χ1v) is 9.83. The lowest BCUT2D eigenvalue weighted by Crippen LogP contribution is -2.49. The minimum Gasteiger partial charge on any atom is -0.357 e. The number of aromatic nitrogens is 3. The number of guanidine groups is 1. The third-order valence-corrected chi connectivity index (χ3v) is 5.96. The van der Waals surface area contributed by atoms with Gasteiger partial charge in [0.2, 0.25) is 0 Å². The fraction of sp³-hybridized carbons (Fsp3) is 0.611. The highest BCUT2D eigenvalue weighted by atomic mass is 127. The van der Waals surface area contributed by atoms with Gasteiger partial charge in [-0.15, -0.1) is 35.3 Å². The maximum Gasteiger partial charge on any atom is 0.194 e. The molecule has 26 heavy (non-hydrogen) atoms. The number of aliphatic imine (C=N–C) groups is 1. The Morgan fingerprint density at radius 3 is 2.85 bits per heavy atom. The SMILES string of the molecule is CCNC(=NCc1nc(C)c(C)s1)N1CCC(C)C(n2ccnc2)C1.I. The van der Waals surface area contributed by atoms with E-state index < -0.39 is 0 Å². The molecule has 3 rings (SSSR count). The van der Waals surface area contributed by atoms with E-state index in [0.29, 0.717) is 18.5 Å². The summed E-state index contributed by atoms with van der Waals surface area (Å²) in [7, 11) is 0. The van der Waals surface area contributed by atoms with Crippen LogP contribution in [0.25, 0.3) is 0 Å². The van der Waals surface area contributed by atoms with Gasteiger partial charge >= 0.3 is 0 Å². The molecule has 0 aromatic carbocycles. The van der Waals surface area contributed by atoms with Gasteiger partial charge in [0.1, 0.15) is 5.01 Å². The van der Waals surface area contributed by atoms with Gasteiger partial charge in [-0.2, -0.15) is 0 Å². The zero-order valence-electron chi connectivity index (χ0n) is 16.0. The van der Waals surface area contributed by atoms with Crippen molar-refractivity contribution in [2.45, 2.75) is 46.7 Å². The molecule has 1 aliphatic heterocycles. The van der Waals surface area contributed by atoms with Crippen molar-refractivity contribution in [3.8, 4) is 0 Å². The Hall–Kier alpha value is -1.16. The van der Waals surface area contributed by atoms with Crippen LogP contribution < -0.4 is 5.32 Å². The van der Waals surface area contributed by atoms with E-state index in [-0.39, 0.29) is 24.0 Å². The lowest BCUT2D eigenvalue weighted by molar-refractivity contribution is 0.189. The highest BCUT2D eigenvalue weighted by Gasteiger charge is 2.28. The van der Waals surface area contributed by atoms with E-state index in [2.05, 4.69) is 58.6 Å². The zero-order valence-corrected chi connectivity index (χ0v) is 19.1. The Labute approximate surface area is 177 Å². The number of imidazole rings is 1. The van der Waals surface area contributed by atoms with Gasteiger partial charge in [-0.05, 0) is 33.1 Å². The molecule has 0 spiro atoms. The van der Waals surface area contributed by atoms with Crippen LogP contribution in [-0.4, -0.2) is 45.0 Å². The molecular weight excluding hydrogens is 459 g/mol. The molecule has 2 unspecified atom stereocenters. The van der Waals surface area contributed by atoms with Crippen molar-refractivity contribution in [1.29, 1.82) is 0 Å². The minimum absolute atomic E-state index is 0. The highest BCUT2D eigenvalue weighted by Crippen LogP contribution is 2.27. The summed E-state index contributed by atoms with van der Waals surface area (Å²) in [4.78, 5) is 17.3. The van der Waals surface area contributed by atoms with Crippen LogP contribution in [0.3, 0.4) is 0 Å². The highest BCUT2D eigenvalue weighted by molar-refractivity contribution is 14.0. The first-order valence-electron chi connectivity index (χ1n) is 9.02. The number of hydrogen-bond acceptors (Lipinski definition) is 4. The molecule has 6 nitrogen and oxygen atoms in total. The summed E-state index contributed by atoms with van der Waals surface area (Å²) in [6.45, 7) is 12.1. The second kappa shape index (κ2) is 9.68. The Kier molecular flexibility index (Phi) is 7.87. The molecular formula is C18H29IN6S. The van der Waals surface area contributed by atoms with Gasteiger partial charge in [-0.1, -0.05) is 6.92 Å². The van der Waals surface area contributed by atoms with Crippen molar-refractivity contribution in [3.63, 3.8) is 0 Å². The quantitative estimate of drug-likeness (QED) is 0.406. The first kappa shape index (κ1) is 21.1. The fourth-order valence-corrected chi connectivity index (χ4v) is 4.13. The number of aryl methyl sites for hydroxylation is 2. The molecule has 2 atom stereocenters. The van der Waals surface area contributed by atoms with E-state index in [0.717, 1.165) is 42.7 Å². The van der Waals surface area contributed by atoms with E-state index in [9.17, 15) is 0 Å². The molecule has 8 heteroatoms. The van der Waals surface area contributed by atoms with Gasteiger partial charge in [0.15, 0.2) is 5.96 Å². The van der Waals surface area contributed by atoms with Crippen molar-refractivity contribution >= 4 is 41.3 Å². The average Bonchev–Trinajstić information content (AvgIpc) is 3.23. The number of hydrogen-bond donors (Lipinski definition) is 1. The van der Waals surface area contributed by atoms with Crippen molar-refractivity contribution in [1.82, 2.24) is 24.8 Å². The third kappa shape index (κ3) is 4.97. The Balaban J connectivity index is 0.00000243. The summed E-state index contributed by atoms with van der Waals surface area (Å²) in [5, 5.41) is 4.54. The Morgan fingerprint density at radius 2 is 2.23 bits per heavy atom. The second-order valence-corrected chi connectivity index (χ2v) is 8.00. The van der Waals surface area contributed by atoms with E-state index in [1.807, 2.05) is 12.5 Å². The molecule has 1 fully saturated rings. The van der Waals surface area contributed by atoms with Crippen molar-refractivity contribution in [3.05, 3.63) is 34.3 Å². The van der Waals surface area contributed by atoms with Crippen molar-refractivity contribution in [2.24, 2.45) is 10.9 Å². The minimum atomic E-state index is 0. The standard InChI is InChI=1S/C18H28N6S.HI/c1-5-20-18(21-10-17-22-14(3)15(4)25-17)23-8-6-13(2)16(11-23)24-9-7-19-12-24;/h7,9,12-13,16H,5-6,8,10-11H2,1-4H3,(H,20,21);1H. The van der Waals surface area contributed by atoms with Crippen LogP contribution in [0, 0.1) is 19.8 Å². The molecule has 3 heterocycles. The molecule has 2 aromatic heterocycles. The van der Waals surface area contributed by atoms with Gasteiger partial charge in [-0.3, -0.25) is 0 Å². The third-order valence-electron chi connectivity index (χ3n) is 4.90. The summed E-state index contributed by atoms with van der Waals surface area (Å²) < 4.78 is 2.23. The number of halogens is 1. The zero-order chi connectivity index (χ0) is 17.8. The molecule has 0 aliphatic carbocycles. The number of nitrogens with one attached hydrogen (secondary N) is 1. The van der Waals surface area contributed by atoms with Gasteiger partial charge in [0, 0.05) is 36.9 Å². The molecule has 2 aromatic rings. The average molecular weight is 488 g/mol. The fourth-order valence-electron chi connectivity index (χ4n) is 3.27. The number of rotatable bonds is 4. The lowest BCUT2D eigenvalue weighted by atomic mass is 9.93. The van der Waals surface area contributed by atoms with Crippen LogP contribution in [0.5, 0.6) is 0 Å². The van der Waals surface area contributed by atoms with Crippen LogP contribution >= 0.6 is 35.3 Å². The molecule has 0 amide bonds. The summed E-state index contributed by atoms with van der Waals surface area (Å²) in [5.41, 5.74) is 1.12. The van der Waals surface area contributed by atoms with E-state index in [1.165, 1.54) is 4.88 Å². The summed E-state index contributed by atoms with van der Waals surface area (Å²) in [6, 6.07) is 0.435. The van der Waals surface area contributed by atoms with Crippen LogP contribution in [0.2, 0.25) is 0 Å². The number of likely N-dealkylation sites (tertiary alicyclic amines) is 1. The van der Waals surface area contributed by atoms with Gasteiger partial charge in [-0.25, -0.2) is 15.0 Å². The van der Waals surface area contributed by atoms with Crippen LogP contribution in [0.1, 0.15) is 41.9 Å². The summed E-state index contributed by atoms with van der Waals surface area (Å²) >= 11 is 1.74. The molecule has 0 radical (unpaired) electrons. The topological polar surface area (TPSA) is 58.3 Å². The van der Waals surface area contributed by atoms with E-state index in [1.54, 1.807) is 11.3 Å². The van der Waals surface area contributed by atoms with Crippen LogP contribution in [0.4, 0.5) is 0 Å². The van der Waals surface area contributed by atoms with Crippen molar-refractivity contribution in [2.75, 3.05) is 19.6 Å². The second-order valence-electron chi connectivity index (χ2n) is 6.71. The van der Waals surface area contributed by atoms with Crippen molar-refractivity contribution < 1.29 is 0 Å². The van der Waals surface area contributed by atoms with E-state index in [4.69, 9.17) is 4.99 Å². The monoisotopic (exact) mass is 488 g/mol. The van der Waals surface area contributed by atoms with Gasteiger partial charge in [0.25, 0.3) is 0 Å². The Bertz CT molecular complexity index is 692. The van der Waals surface area contributed by atoms with Gasteiger partial charge in [0.05, 0.1) is 24.6 Å². The van der Waals surface area contributed by atoms with Crippen LogP contribution in [0.15, 0.2) is 23.7 Å². The van der Waals surface area contributed by atoms with E-state index >= 15 is 0 Å².